The number of nitrogens with one attached hydrogen (secondary N) is 1. The fraction of sp³-hybridized carbons (Fsp3) is 0.571. The number of fused-ring (bicyclic) bond motifs is 1. The SMILES string of the molecule is CNC1c2cccc(Br)c2CC1N1CCCC1. The molecular formula is C14H19BrN2. The minimum absolute atomic E-state index is 0.501. The van der Waals surface area contributed by atoms with Crippen LogP contribution in [0.15, 0.2) is 22.7 Å². The maximum atomic E-state index is 3.69. The molecule has 1 aliphatic carbocycles. The highest BCUT2D eigenvalue weighted by atomic mass is 79.9. The van der Waals surface area contributed by atoms with Gasteiger partial charge in [0, 0.05) is 16.6 Å². The van der Waals surface area contributed by atoms with Gasteiger partial charge in [-0.1, -0.05) is 28.1 Å². The van der Waals surface area contributed by atoms with Crippen LogP contribution in [-0.2, 0) is 6.42 Å². The van der Waals surface area contributed by atoms with Gasteiger partial charge in [0.05, 0.1) is 0 Å². The minimum atomic E-state index is 0.501. The summed E-state index contributed by atoms with van der Waals surface area (Å²) in [5, 5.41) is 3.51. The standard InChI is InChI=1S/C14H19BrN2/c1-16-14-10-5-4-6-12(15)11(10)9-13(14)17-7-2-3-8-17/h4-6,13-14,16H,2-3,7-9H2,1H3. The van der Waals surface area contributed by atoms with Crippen LogP contribution in [0.1, 0.15) is 30.0 Å². The molecule has 2 nitrogen and oxygen atoms in total. The van der Waals surface area contributed by atoms with Crippen LogP contribution in [0.5, 0.6) is 0 Å². The second-order valence-electron chi connectivity index (χ2n) is 5.09. The minimum Gasteiger partial charge on any atom is -0.312 e. The quantitative estimate of drug-likeness (QED) is 0.902. The summed E-state index contributed by atoms with van der Waals surface area (Å²) < 4.78 is 1.27. The van der Waals surface area contributed by atoms with Crippen LogP contribution in [0.25, 0.3) is 0 Å². The molecule has 1 fully saturated rings. The lowest BCUT2D eigenvalue weighted by Crippen LogP contribution is -2.40. The summed E-state index contributed by atoms with van der Waals surface area (Å²) in [5.74, 6) is 0. The van der Waals surface area contributed by atoms with E-state index in [1.807, 2.05) is 0 Å². The molecule has 2 aliphatic rings. The van der Waals surface area contributed by atoms with E-state index >= 15 is 0 Å². The normalized spacial score (nSPS) is 28.6. The van der Waals surface area contributed by atoms with Crippen LogP contribution < -0.4 is 5.32 Å². The summed E-state index contributed by atoms with van der Waals surface area (Å²) in [7, 11) is 2.09. The summed E-state index contributed by atoms with van der Waals surface area (Å²) in [6.07, 6.45) is 3.91. The van der Waals surface area contributed by atoms with Crippen molar-refractivity contribution < 1.29 is 0 Å². The molecule has 0 bridgehead atoms. The Balaban J connectivity index is 1.93. The van der Waals surface area contributed by atoms with Crippen LogP contribution in [0.3, 0.4) is 0 Å². The Bertz CT molecular complexity index is 413. The number of halogens is 1. The molecule has 0 radical (unpaired) electrons. The lowest BCUT2D eigenvalue weighted by molar-refractivity contribution is 0.208. The lowest BCUT2D eigenvalue weighted by Gasteiger charge is -2.29. The molecule has 0 saturated carbocycles. The number of likely N-dealkylation sites (N-methyl/N-ethyl adjacent to an activating group) is 1. The van der Waals surface area contributed by atoms with Crippen molar-refractivity contribution in [1.82, 2.24) is 10.2 Å². The van der Waals surface area contributed by atoms with Crippen LogP contribution in [0, 0.1) is 0 Å². The molecule has 17 heavy (non-hydrogen) atoms. The molecule has 0 amide bonds. The van der Waals surface area contributed by atoms with Crippen LogP contribution in [0.2, 0.25) is 0 Å². The van der Waals surface area contributed by atoms with E-state index in [1.54, 1.807) is 0 Å². The average Bonchev–Trinajstić information content (AvgIpc) is 2.95. The zero-order chi connectivity index (χ0) is 11.8. The third-order valence-corrected chi connectivity index (χ3v) is 4.95. The monoisotopic (exact) mass is 294 g/mol. The van der Waals surface area contributed by atoms with Crippen molar-refractivity contribution in [3.05, 3.63) is 33.8 Å². The lowest BCUT2D eigenvalue weighted by atomic mass is 10.1. The summed E-state index contributed by atoms with van der Waals surface area (Å²) in [5.41, 5.74) is 2.99. The molecule has 2 unspecified atom stereocenters. The number of rotatable bonds is 2. The molecule has 0 aromatic heterocycles. The van der Waals surface area contributed by atoms with Crippen molar-refractivity contribution >= 4 is 15.9 Å². The van der Waals surface area contributed by atoms with Crippen LogP contribution >= 0.6 is 15.9 Å². The molecule has 1 aromatic rings. The van der Waals surface area contributed by atoms with Gasteiger partial charge in [0.1, 0.15) is 0 Å². The van der Waals surface area contributed by atoms with Gasteiger partial charge >= 0.3 is 0 Å². The van der Waals surface area contributed by atoms with Gasteiger partial charge in [0.2, 0.25) is 0 Å². The van der Waals surface area contributed by atoms with Crippen LogP contribution in [0.4, 0.5) is 0 Å². The summed E-state index contributed by atoms with van der Waals surface area (Å²) in [6.45, 7) is 2.54. The van der Waals surface area contributed by atoms with Crippen molar-refractivity contribution in [3.63, 3.8) is 0 Å². The van der Waals surface area contributed by atoms with Crippen molar-refractivity contribution in [1.29, 1.82) is 0 Å². The molecule has 1 saturated heterocycles. The Morgan fingerprint density at radius 3 is 2.76 bits per heavy atom. The molecular weight excluding hydrogens is 276 g/mol. The average molecular weight is 295 g/mol. The van der Waals surface area contributed by atoms with Crippen molar-refractivity contribution in [3.8, 4) is 0 Å². The van der Waals surface area contributed by atoms with Gasteiger partial charge in [-0.25, -0.2) is 0 Å². The second-order valence-corrected chi connectivity index (χ2v) is 5.94. The fourth-order valence-electron chi connectivity index (χ4n) is 3.38. The molecule has 1 heterocycles. The van der Waals surface area contributed by atoms with E-state index in [2.05, 4.69) is 51.4 Å². The van der Waals surface area contributed by atoms with Gasteiger partial charge < -0.3 is 5.32 Å². The van der Waals surface area contributed by atoms with Crippen molar-refractivity contribution in [2.45, 2.75) is 31.3 Å². The summed E-state index contributed by atoms with van der Waals surface area (Å²) in [6, 6.07) is 7.74. The molecule has 3 rings (SSSR count). The predicted octanol–water partition coefficient (Wildman–Crippen LogP) is 2.73. The van der Waals surface area contributed by atoms with Crippen molar-refractivity contribution in [2.75, 3.05) is 20.1 Å². The molecule has 3 heteroatoms. The zero-order valence-corrected chi connectivity index (χ0v) is 11.8. The van der Waals surface area contributed by atoms with E-state index in [1.165, 1.54) is 48.0 Å². The number of hydrogen-bond acceptors (Lipinski definition) is 2. The number of hydrogen-bond donors (Lipinski definition) is 1. The highest BCUT2D eigenvalue weighted by Gasteiger charge is 2.36. The van der Waals surface area contributed by atoms with Crippen molar-refractivity contribution in [2.24, 2.45) is 0 Å². The third kappa shape index (κ3) is 1.94. The van der Waals surface area contributed by atoms with E-state index in [0.717, 1.165) is 0 Å². The smallest absolute Gasteiger partial charge is 0.0482 e. The van der Waals surface area contributed by atoms with E-state index < -0.39 is 0 Å². The first-order chi connectivity index (χ1) is 8.31. The topological polar surface area (TPSA) is 15.3 Å². The first kappa shape index (κ1) is 11.7. The maximum absolute atomic E-state index is 3.69. The van der Waals surface area contributed by atoms with E-state index in [0.29, 0.717) is 12.1 Å². The van der Waals surface area contributed by atoms with E-state index in [4.69, 9.17) is 0 Å². The largest absolute Gasteiger partial charge is 0.312 e. The van der Waals surface area contributed by atoms with Gasteiger partial charge in [-0.05, 0) is 56.6 Å². The Morgan fingerprint density at radius 2 is 2.06 bits per heavy atom. The highest BCUT2D eigenvalue weighted by molar-refractivity contribution is 9.10. The Labute approximate surface area is 112 Å². The zero-order valence-electron chi connectivity index (χ0n) is 10.2. The number of likely N-dealkylation sites (tertiary alicyclic amines) is 1. The first-order valence-corrected chi connectivity index (χ1v) is 7.29. The van der Waals surface area contributed by atoms with Gasteiger partial charge in [-0.2, -0.15) is 0 Å². The van der Waals surface area contributed by atoms with Gasteiger partial charge in [-0.3, -0.25) is 4.90 Å². The predicted molar refractivity (Wildman–Crippen MR) is 74.2 cm³/mol. The maximum Gasteiger partial charge on any atom is 0.0482 e. The van der Waals surface area contributed by atoms with Gasteiger partial charge in [0.25, 0.3) is 0 Å². The molecule has 1 aliphatic heterocycles. The Hall–Kier alpha value is -0.380. The molecule has 1 N–H and O–H groups in total. The van der Waals surface area contributed by atoms with E-state index in [-0.39, 0.29) is 0 Å². The molecule has 1 aromatic carbocycles. The van der Waals surface area contributed by atoms with Crippen LogP contribution in [-0.4, -0.2) is 31.1 Å². The molecule has 92 valence electrons. The Morgan fingerprint density at radius 1 is 1.29 bits per heavy atom. The number of benzene rings is 1. The van der Waals surface area contributed by atoms with Gasteiger partial charge in [0.15, 0.2) is 0 Å². The summed E-state index contributed by atoms with van der Waals surface area (Å²) in [4.78, 5) is 2.66. The van der Waals surface area contributed by atoms with E-state index in [9.17, 15) is 0 Å². The third-order valence-electron chi connectivity index (χ3n) is 4.21. The van der Waals surface area contributed by atoms with Gasteiger partial charge in [-0.15, -0.1) is 0 Å². The second kappa shape index (κ2) is 4.71. The number of nitrogens with zero attached hydrogens (tertiary/aromatic N) is 1. The highest BCUT2D eigenvalue weighted by Crippen LogP contribution is 2.38. The summed E-state index contributed by atoms with van der Waals surface area (Å²) >= 11 is 3.69. The Kier molecular flexibility index (Phi) is 3.24. The first-order valence-electron chi connectivity index (χ1n) is 6.50. The fourth-order valence-corrected chi connectivity index (χ4v) is 3.92. The molecule has 0 spiro atoms. The molecule has 2 atom stereocenters.